The van der Waals surface area contributed by atoms with Crippen molar-refractivity contribution in [1.29, 1.82) is 0 Å². The number of anilines is 1. The number of fused-ring (bicyclic) bond motifs is 2. The highest BCUT2D eigenvalue weighted by Crippen LogP contribution is 2.20. The first-order valence-corrected chi connectivity index (χ1v) is 7.18. The van der Waals surface area contributed by atoms with Gasteiger partial charge in [-0.25, -0.2) is 9.97 Å². The molecule has 0 saturated carbocycles. The molecule has 23 heavy (non-hydrogen) atoms. The standard InChI is InChI=1S/C18H12N4O/c23-18(20-12-5-4-10-19-11-12)13-6-3-9-16-17(13)22-15-8-2-1-7-14(15)21-16/h1-11H,(H,20,23). The molecule has 0 atom stereocenters. The van der Waals surface area contributed by atoms with Crippen molar-refractivity contribution < 1.29 is 4.79 Å². The number of nitrogens with one attached hydrogen (secondary N) is 1. The molecule has 2 heterocycles. The molecule has 4 rings (SSSR count). The maximum atomic E-state index is 12.6. The van der Waals surface area contributed by atoms with Crippen LogP contribution in [0.5, 0.6) is 0 Å². The Labute approximate surface area is 132 Å². The number of carbonyl (C=O) groups is 1. The van der Waals surface area contributed by atoms with Crippen molar-refractivity contribution in [1.82, 2.24) is 15.0 Å². The zero-order chi connectivity index (χ0) is 15.6. The zero-order valence-electron chi connectivity index (χ0n) is 12.1. The summed E-state index contributed by atoms with van der Waals surface area (Å²) in [5.74, 6) is -0.229. The number of para-hydroxylation sites is 3. The lowest BCUT2D eigenvalue weighted by Gasteiger charge is -2.08. The molecule has 2 aromatic carbocycles. The van der Waals surface area contributed by atoms with Gasteiger partial charge in [0, 0.05) is 6.20 Å². The first kappa shape index (κ1) is 13.3. The molecule has 0 aliphatic carbocycles. The maximum absolute atomic E-state index is 12.6. The van der Waals surface area contributed by atoms with E-state index >= 15 is 0 Å². The lowest BCUT2D eigenvalue weighted by atomic mass is 10.1. The van der Waals surface area contributed by atoms with Crippen molar-refractivity contribution in [3.8, 4) is 0 Å². The second-order valence-electron chi connectivity index (χ2n) is 5.08. The first-order chi connectivity index (χ1) is 11.3. The molecule has 0 radical (unpaired) electrons. The SMILES string of the molecule is O=C(Nc1cccnc1)c1cccc2nc3ccccc3nc12. The van der Waals surface area contributed by atoms with Gasteiger partial charge in [0.05, 0.1) is 34.0 Å². The Hall–Kier alpha value is -3.34. The van der Waals surface area contributed by atoms with Gasteiger partial charge in [0.1, 0.15) is 5.52 Å². The Bertz CT molecular complexity index is 1020. The molecule has 1 N–H and O–H groups in total. The predicted molar refractivity (Wildman–Crippen MR) is 89.2 cm³/mol. The zero-order valence-corrected chi connectivity index (χ0v) is 12.1. The van der Waals surface area contributed by atoms with Crippen LogP contribution in [0.1, 0.15) is 10.4 Å². The van der Waals surface area contributed by atoms with Gasteiger partial charge in [0.25, 0.3) is 5.91 Å². The van der Waals surface area contributed by atoms with E-state index in [0.29, 0.717) is 22.3 Å². The lowest BCUT2D eigenvalue weighted by Crippen LogP contribution is -2.13. The summed E-state index contributed by atoms with van der Waals surface area (Å²) in [6.07, 6.45) is 3.26. The summed E-state index contributed by atoms with van der Waals surface area (Å²) in [7, 11) is 0. The largest absolute Gasteiger partial charge is 0.321 e. The summed E-state index contributed by atoms with van der Waals surface area (Å²) in [6.45, 7) is 0. The number of amides is 1. The van der Waals surface area contributed by atoms with Gasteiger partial charge >= 0.3 is 0 Å². The molecular weight excluding hydrogens is 288 g/mol. The maximum Gasteiger partial charge on any atom is 0.257 e. The van der Waals surface area contributed by atoms with Crippen molar-refractivity contribution in [2.45, 2.75) is 0 Å². The summed E-state index contributed by atoms with van der Waals surface area (Å²) in [5, 5.41) is 2.83. The fourth-order valence-electron chi connectivity index (χ4n) is 2.46. The van der Waals surface area contributed by atoms with Crippen molar-refractivity contribution >= 4 is 33.7 Å². The van der Waals surface area contributed by atoms with Crippen molar-refractivity contribution in [3.63, 3.8) is 0 Å². The third kappa shape index (κ3) is 2.48. The van der Waals surface area contributed by atoms with E-state index in [1.807, 2.05) is 36.4 Å². The lowest BCUT2D eigenvalue weighted by molar-refractivity contribution is 0.102. The van der Waals surface area contributed by atoms with E-state index in [1.54, 1.807) is 30.6 Å². The summed E-state index contributed by atoms with van der Waals surface area (Å²) in [6, 6.07) is 16.6. The number of benzene rings is 2. The van der Waals surface area contributed by atoms with Crippen LogP contribution in [0, 0.1) is 0 Å². The van der Waals surface area contributed by atoms with Crippen LogP contribution in [0.25, 0.3) is 22.1 Å². The molecule has 1 amide bonds. The molecule has 0 saturated heterocycles. The average molecular weight is 300 g/mol. The second kappa shape index (κ2) is 5.46. The highest BCUT2D eigenvalue weighted by Gasteiger charge is 2.13. The van der Waals surface area contributed by atoms with Gasteiger partial charge in [-0.2, -0.15) is 0 Å². The summed E-state index contributed by atoms with van der Waals surface area (Å²) in [4.78, 5) is 25.7. The van der Waals surface area contributed by atoms with Crippen LogP contribution in [0.3, 0.4) is 0 Å². The smallest absolute Gasteiger partial charge is 0.257 e. The van der Waals surface area contributed by atoms with E-state index in [9.17, 15) is 4.79 Å². The van der Waals surface area contributed by atoms with E-state index in [1.165, 1.54) is 0 Å². The third-order valence-electron chi connectivity index (χ3n) is 3.53. The van der Waals surface area contributed by atoms with Gasteiger partial charge in [-0.3, -0.25) is 9.78 Å². The molecule has 2 aromatic heterocycles. The Morgan fingerprint density at radius 2 is 1.61 bits per heavy atom. The molecule has 0 spiro atoms. The highest BCUT2D eigenvalue weighted by atomic mass is 16.1. The fourth-order valence-corrected chi connectivity index (χ4v) is 2.46. The quantitative estimate of drug-likeness (QED) is 0.576. The summed E-state index contributed by atoms with van der Waals surface area (Å²) >= 11 is 0. The van der Waals surface area contributed by atoms with Crippen molar-refractivity contribution in [3.05, 3.63) is 72.6 Å². The number of carbonyl (C=O) groups excluding carboxylic acids is 1. The molecule has 0 unspecified atom stereocenters. The minimum atomic E-state index is -0.229. The van der Waals surface area contributed by atoms with Gasteiger partial charge < -0.3 is 5.32 Å². The van der Waals surface area contributed by atoms with E-state index in [4.69, 9.17) is 0 Å². The van der Waals surface area contributed by atoms with Gasteiger partial charge in [-0.05, 0) is 36.4 Å². The van der Waals surface area contributed by atoms with Gasteiger partial charge in [-0.15, -0.1) is 0 Å². The summed E-state index contributed by atoms with van der Waals surface area (Å²) < 4.78 is 0. The van der Waals surface area contributed by atoms with Crippen LogP contribution in [-0.2, 0) is 0 Å². The molecule has 0 aliphatic heterocycles. The fraction of sp³-hybridized carbons (Fsp3) is 0. The second-order valence-corrected chi connectivity index (χ2v) is 5.08. The number of hydrogen-bond acceptors (Lipinski definition) is 4. The van der Waals surface area contributed by atoms with Crippen molar-refractivity contribution in [2.75, 3.05) is 5.32 Å². The van der Waals surface area contributed by atoms with Crippen LogP contribution >= 0.6 is 0 Å². The van der Waals surface area contributed by atoms with Crippen LogP contribution < -0.4 is 5.32 Å². The highest BCUT2D eigenvalue weighted by molar-refractivity contribution is 6.12. The number of pyridine rings is 1. The monoisotopic (exact) mass is 300 g/mol. The van der Waals surface area contributed by atoms with Gasteiger partial charge in [-0.1, -0.05) is 18.2 Å². The predicted octanol–water partition coefficient (Wildman–Crippen LogP) is 3.43. The van der Waals surface area contributed by atoms with Crippen LogP contribution in [0.15, 0.2) is 67.0 Å². The molecule has 0 aliphatic rings. The molecule has 5 heteroatoms. The topological polar surface area (TPSA) is 67.8 Å². The van der Waals surface area contributed by atoms with Crippen LogP contribution in [0.2, 0.25) is 0 Å². The van der Waals surface area contributed by atoms with E-state index in [-0.39, 0.29) is 5.91 Å². The minimum absolute atomic E-state index is 0.229. The van der Waals surface area contributed by atoms with Gasteiger partial charge in [0.2, 0.25) is 0 Å². The van der Waals surface area contributed by atoms with E-state index in [0.717, 1.165) is 11.0 Å². The Morgan fingerprint density at radius 3 is 2.39 bits per heavy atom. The van der Waals surface area contributed by atoms with Crippen molar-refractivity contribution in [2.24, 2.45) is 0 Å². The molecule has 110 valence electrons. The first-order valence-electron chi connectivity index (χ1n) is 7.18. The Morgan fingerprint density at radius 1 is 0.826 bits per heavy atom. The number of hydrogen-bond donors (Lipinski definition) is 1. The van der Waals surface area contributed by atoms with E-state index < -0.39 is 0 Å². The Balaban J connectivity index is 1.83. The molecule has 0 fully saturated rings. The number of rotatable bonds is 2. The van der Waals surface area contributed by atoms with Gasteiger partial charge in [0.15, 0.2) is 0 Å². The molecule has 4 aromatic rings. The Kier molecular flexibility index (Phi) is 3.16. The third-order valence-corrected chi connectivity index (χ3v) is 3.53. The number of aromatic nitrogens is 3. The van der Waals surface area contributed by atoms with Crippen LogP contribution in [0.4, 0.5) is 5.69 Å². The number of nitrogens with zero attached hydrogens (tertiary/aromatic N) is 3. The molecule has 5 nitrogen and oxygen atoms in total. The molecular formula is C18H12N4O. The minimum Gasteiger partial charge on any atom is -0.321 e. The van der Waals surface area contributed by atoms with E-state index in [2.05, 4.69) is 20.3 Å². The molecule has 0 bridgehead atoms. The average Bonchev–Trinajstić information content (AvgIpc) is 2.60. The summed E-state index contributed by atoms with van der Waals surface area (Å²) in [5.41, 5.74) is 3.99. The normalized spacial score (nSPS) is 10.8. The van der Waals surface area contributed by atoms with Crippen LogP contribution in [-0.4, -0.2) is 20.9 Å².